The highest BCUT2D eigenvalue weighted by atomic mass is 15.4. The summed E-state index contributed by atoms with van der Waals surface area (Å²) in [6.07, 6.45) is 0. The molecule has 0 amide bonds. The summed E-state index contributed by atoms with van der Waals surface area (Å²) < 4.78 is 0. The van der Waals surface area contributed by atoms with E-state index < -0.39 is 0 Å². The van der Waals surface area contributed by atoms with Crippen LogP contribution in [0.1, 0.15) is 11.1 Å². The molecule has 11 heteroatoms. The lowest BCUT2D eigenvalue weighted by atomic mass is 10.2. The van der Waals surface area contributed by atoms with Crippen LogP contribution in [0.5, 0.6) is 0 Å². The van der Waals surface area contributed by atoms with Crippen LogP contribution in [0.4, 0.5) is 11.4 Å². The summed E-state index contributed by atoms with van der Waals surface area (Å²) in [5.41, 5.74) is 18.6. The molecule has 7 N–H and O–H groups in total. The minimum Gasteiger partial charge on any atom is -0.384 e. The molecule has 0 radical (unpaired) electrons. The van der Waals surface area contributed by atoms with E-state index in [-0.39, 0.29) is 0 Å². The third-order valence-corrected chi connectivity index (χ3v) is 6.50. The van der Waals surface area contributed by atoms with E-state index in [1.54, 1.807) is 0 Å². The molecule has 2 aliphatic heterocycles. The lowest BCUT2D eigenvalue weighted by Gasteiger charge is -2.26. The van der Waals surface area contributed by atoms with Gasteiger partial charge in [0.15, 0.2) is 0 Å². The van der Waals surface area contributed by atoms with Gasteiger partial charge in [0.1, 0.15) is 11.7 Å². The fourth-order valence-electron chi connectivity index (χ4n) is 4.23. The number of amidine groups is 2. The zero-order valence-electron chi connectivity index (χ0n) is 21.4. The maximum atomic E-state index is 6.17. The molecule has 0 atom stereocenters. The molecule has 2 fully saturated rings. The van der Waals surface area contributed by atoms with Gasteiger partial charge in [-0.2, -0.15) is 0 Å². The maximum absolute atomic E-state index is 6.17. The van der Waals surface area contributed by atoms with Gasteiger partial charge in [-0.3, -0.25) is 25.2 Å². The zero-order valence-corrected chi connectivity index (χ0v) is 21.4. The quantitative estimate of drug-likeness (QED) is 0.133. The van der Waals surface area contributed by atoms with E-state index in [4.69, 9.17) is 11.5 Å². The number of hydrogen-bond donors (Lipinski definition) is 5. The molecule has 2 aromatic carbocycles. The topological polar surface area (TPSA) is 144 Å². The van der Waals surface area contributed by atoms with E-state index in [9.17, 15) is 0 Å². The zero-order chi connectivity index (χ0) is 25.7. The van der Waals surface area contributed by atoms with Gasteiger partial charge in [-0.25, -0.2) is 0 Å². The van der Waals surface area contributed by atoms with Crippen molar-refractivity contribution in [1.29, 1.82) is 0 Å². The predicted octanol–water partition coefficient (Wildman–Crippen LogP) is 1.02. The summed E-state index contributed by atoms with van der Waals surface area (Å²) >= 11 is 0. The average Bonchev–Trinajstić information content (AvgIpc) is 2.95. The van der Waals surface area contributed by atoms with Gasteiger partial charge in [0.05, 0.1) is 24.5 Å². The number of nitrogens with zero attached hydrogens (tertiary/aromatic N) is 6. The van der Waals surface area contributed by atoms with Crippen molar-refractivity contribution in [2.45, 2.75) is 0 Å². The first-order valence-corrected chi connectivity index (χ1v) is 13.0. The van der Waals surface area contributed by atoms with Crippen molar-refractivity contribution >= 4 is 23.0 Å². The fourth-order valence-corrected chi connectivity index (χ4v) is 4.23. The number of benzene rings is 2. The Kier molecular flexibility index (Phi) is 10.4. The number of anilines is 1. The summed E-state index contributed by atoms with van der Waals surface area (Å²) in [7, 11) is 0. The number of hydrogen-bond acceptors (Lipinski definition) is 8. The Balaban J connectivity index is 1.20. The van der Waals surface area contributed by atoms with E-state index >= 15 is 0 Å². The molecule has 11 nitrogen and oxygen atoms in total. The third kappa shape index (κ3) is 8.90. The van der Waals surface area contributed by atoms with Crippen LogP contribution < -0.4 is 27.5 Å². The SMILES string of the molecule is NC(=NCCN1CCNCC1)c1ccc(N=NNc2ccc(C(N)=NCCN3CCNCC3)cc2)cc1. The molecule has 0 aliphatic carbocycles. The van der Waals surface area contributed by atoms with E-state index in [0.29, 0.717) is 24.8 Å². The molecule has 0 aromatic heterocycles. The van der Waals surface area contributed by atoms with Crippen LogP contribution in [0.25, 0.3) is 0 Å². The Hall–Kier alpha value is -3.38. The molecule has 0 unspecified atom stereocenters. The smallest absolute Gasteiger partial charge is 0.125 e. The fraction of sp³-hybridized carbons (Fsp3) is 0.462. The van der Waals surface area contributed by atoms with Gasteiger partial charge >= 0.3 is 0 Å². The van der Waals surface area contributed by atoms with Crippen LogP contribution in [-0.2, 0) is 0 Å². The van der Waals surface area contributed by atoms with E-state index in [2.05, 4.69) is 46.2 Å². The third-order valence-electron chi connectivity index (χ3n) is 6.50. The number of aliphatic imine (C=N–C) groups is 2. The number of nitrogens with two attached hydrogens (primary N) is 2. The van der Waals surface area contributed by atoms with Gasteiger partial charge in [0, 0.05) is 76.6 Å². The number of nitrogens with one attached hydrogen (secondary N) is 3. The lowest BCUT2D eigenvalue weighted by molar-refractivity contribution is 0.247. The van der Waals surface area contributed by atoms with Crippen LogP contribution >= 0.6 is 0 Å². The number of rotatable bonds is 11. The minimum atomic E-state index is 0.545. The normalized spacial score (nSPS) is 18.4. The number of piperazine rings is 2. The van der Waals surface area contributed by atoms with Crippen molar-refractivity contribution < 1.29 is 0 Å². The molecule has 0 saturated carbocycles. The maximum Gasteiger partial charge on any atom is 0.125 e. The van der Waals surface area contributed by atoms with Crippen LogP contribution in [0.3, 0.4) is 0 Å². The minimum absolute atomic E-state index is 0.545. The van der Waals surface area contributed by atoms with Crippen molar-refractivity contribution in [2.24, 2.45) is 31.8 Å². The summed E-state index contributed by atoms with van der Waals surface area (Å²) in [5.74, 6) is 1.10. The summed E-state index contributed by atoms with van der Waals surface area (Å²) in [6.45, 7) is 11.7. The summed E-state index contributed by atoms with van der Waals surface area (Å²) in [4.78, 5) is 13.8. The Morgan fingerprint density at radius 3 is 1.65 bits per heavy atom. The summed E-state index contributed by atoms with van der Waals surface area (Å²) in [5, 5.41) is 15.0. The van der Waals surface area contributed by atoms with Crippen molar-refractivity contribution in [3.8, 4) is 0 Å². The first-order valence-electron chi connectivity index (χ1n) is 13.0. The molecule has 37 heavy (non-hydrogen) atoms. The van der Waals surface area contributed by atoms with Crippen molar-refractivity contribution in [3.63, 3.8) is 0 Å². The summed E-state index contributed by atoms with van der Waals surface area (Å²) in [6, 6.07) is 15.3. The Morgan fingerprint density at radius 1 is 0.703 bits per heavy atom. The monoisotopic (exact) mass is 505 g/mol. The van der Waals surface area contributed by atoms with Gasteiger partial charge < -0.3 is 22.1 Å². The first-order chi connectivity index (χ1) is 18.2. The highest BCUT2D eigenvalue weighted by molar-refractivity contribution is 5.98. The van der Waals surface area contributed by atoms with E-state index in [0.717, 1.165) is 87.9 Å². The van der Waals surface area contributed by atoms with E-state index in [1.165, 1.54) is 0 Å². The predicted molar refractivity (Wildman–Crippen MR) is 151 cm³/mol. The van der Waals surface area contributed by atoms with Crippen LogP contribution in [-0.4, -0.2) is 100 Å². The molecule has 0 bridgehead atoms. The van der Waals surface area contributed by atoms with Crippen LogP contribution in [0.15, 0.2) is 68.9 Å². The molecule has 2 heterocycles. The van der Waals surface area contributed by atoms with Gasteiger partial charge in [-0.1, -0.05) is 5.22 Å². The molecular weight excluding hydrogens is 466 g/mol. The van der Waals surface area contributed by atoms with Gasteiger partial charge in [-0.15, -0.1) is 5.11 Å². The Morgan fingerprint density at radius 2 is 1.16 bits per heavy atom. The average molecular weight is 506 g/mol. The van der Waals surface area contributed by atoms with Crippen molar-refractivity contribution in [2.75, 3.05) is 84.0 Å². The molecular formula is C26H39N11. The molecule has 2 saturated heterocycles. The molecule has 2 aliphatic rings. The second-order valence-corrected chi connectivity index (χ2v) is 9.15. The molecule has 2 aromatic rings. The molecule has 198 valence electrons. The molecule has 4 rings (SSSR count). The van der Waals surface area contributed by atoms with Crippen LogP contribution in [0, 0.1) is 0 Å². The molecule has 0 spiro atoms. The van der Waals surface area contributed by atoms with Crippen molar-refractivity contribution in [3.05, 3.63) is 59.7 Å². The van der Waals surface area contributed by atoms with Crippen LogP contribution in [0.2, 0.25) is 0 Å². The Bertz CT molecular complexity index is 1040. The van der Waals surface area contributed by atoms with Gasteiger partial charge in [0.2, 0.25) is 0 Å². The highest BCUT2D eigenvalue weighted by Gasteiger charge is 2.09. The highest BCUT2D eigenvalue weighted by Crippen LogP contribution is 2.15. The second-order valence-electron chi connectivity index (χ2n) is 9.15. The van der Waals surface area contributed by atoms with Gasteiger partial charge in [-0.05, 0) is 48.5 Å². The van der Waals surface area contributed by atoms with Crippen molar-refractivity contribution in [1.82, 2.24) is 20.4 Å². The Labute approximate surface area is 219 Å². The standard InChI is InChI=1S/C26H39N11/c27-25(31-13-19-36-15-9-29-10-16-36)21-1-5-23(6-2-21)33-35-34-24-7-3-22(4-8-24)26(28)32-14-20-37-17-11-30-12-18-37/h1-8,29-30H,9-20H2,(H2,27,31)(H2,28,32)(H,33,34). The largest absolute Gasteiger partial charge is 0.384 e. The second kappa shape index (κ2) is 14.4. The van der Waals surface area contributed by atoms with E-state index in [1.807, 2.05) is 48.5 Å². The van der Waals surface area contributed by atoms with Gasteiger partial charge in [0.25, 0.3) is 0 Å². The first kappa shape index (κ1) is 26.7. The lowest BCUT2D eigenvalue weighted by Crippen LogP contribution is -2.44.